The van der Waals surface area contributed by atoms with Crippen molar-refractivity contribution in [3.63, 3.8) is 0 Å². The van der Waals surface area contributed by atoms with Crippen molar-refractivity contribution in [1.29, 1.82) is 0 Å². The van der Waals surface area contributed by atoms with Crippen LogP contribution in [0, 0.1) is 6.92 Å². The quantitative estimate of drug-likeness (QED) is 0.654. The van der Waals surface area contributed by atoms with Crippen LogP contribution in [0.15, 0.2) is 35.2 Å². The molecule has 29 heavy (non-hydrogen) atoms. The van der Waals surface area contributed by atoms with E-state index in [1.807, 2.05) is 38.2 Å². The fourth-order valence-electron chi connectivity index (χ4n) is 3.26. The van der Waals surface area contributed by atoms with E-state index in [9.17, 15) is 9.59 Å². The van der Waals surface area contributed by atoms with Crippen LogP contribution in [-0.4, -0.2) is 44.9 Å². The van der Waals surface area contributed by atoms with Crippen molar-refractivity contribution in [2.75, 3.05) is 19.4 Å². The molecule has 0 aliphatic heterocycles. The summed E-state index contributed by atoms with van der Waals surface area (Å²) < 4.78 is 1.73. The Labute approximate surface area is 173 Å². The molecule has 1 aliphatic rings. The summed E-state index contributed by atoms with van der Waals surface area (Å²) in [6.45, 7) is 1.89. The molecule has 1 fully saturated rings. The fourth-order valence-corrected chi connectivity index (χ4v) is 3.98. The predicted molar refractivity (Wildman–Crippen MR) is 115 cm³/mol. The van der Waals surface area contributed by atoms with E-state index >= 15 is 0 Å². The minimum Gasteiger partial charge on any atom is -0.339 e. The summed E-state index contributed by atoms with van der Waals surface area (Å²) in [4.78, 5) is 32.2. The molecule has 0 bridgehead atoms. The maximum absolute atomic E-state index is 13.2. The standard InChI is InChI=1S/C21H23N5O2S/c1-12-18-16(11-17(13-8-9-13)23-19(18)26(4)24-12)20(27)22-14-6-5-7-15(10-14)29-21(28)25(2)3/h5-7,10-11,13H,8-9H2,1-4H3,(H,22,27). The number of aromatic nitrogens is 3. The molecule has 150 valence electrons. The van der Waals surface area contributed by atoms with Gasteiger partial charge in [-0.1, -0.05) is 6.07 Å². The predicted octanol–water partition coefficient (Wildman–Crippen LogP) is 4.18. The highest BCUT2D eigenvalue weighted by molar-refractivity contribution is 8.13. The second-order valence-corrected chi connectivity index (χ2v) is 8.55. The summed E-state index contributed by atoms with van der Waals surface area (Å²) in [5.41, 5.74) is 3.70. The molecule has 1 aliphatic carbocycles. The van der Waals surface area contributed by atoms with Gasteiger partial charge in [0, 0.05) is 43.3 Å². The molecule has 4 rings (SSSR count). The molecule has 2 amide bonds. The van der Waals surface area contributed by atoms with Gasteiger partial charge in [0.2, 0.25) is 0 Å². The van der Waals surface area contributed by atoms with E-state index in [-0.39, 0.29) is 11.1 Å². The maximum Gasteiger partial charge on any atom is 0.285 e. The Balaban J connectivity index is 1.65. The Hall–Kier alpha value is -2.87. The van der Waals surface area contributed by atoms with Gasteiger partial charge in [-0.05, 0) is 55.8 Å². The van der Waals surface area contributed by atoms with Crippen LogP contribution in [0.5, 0.6) is 0 Å². The van der Waals surface area contributed by atoms with Gasteiger partial charge in [-0.25, -0.2) is 4.98 Å². The number of nitrogens with one attached hydrogen (secondary N) is 1. The minimum atomic E-state index is -0.198. The zero-order valence-electron chi connectivity index (χ0n) is 16.9. The Morgan fingerprint density at radius 2 is 2.00 bits per heavy atom. The average molecular weight is 410 g/mol. The van der Waals surface area contributed by atoms with Gasteiger partial charge in [0.1, 0.15) is 0 Å². The fraction of sp³-hybridized carbons (Fsp3) is 0.333. The number of anilines is 1. The van der Waals surface area contributed by atoms with Crippen LogP contribution in [0.25, 0.3) is 11.0 Å². The van der Waals surface area contributed by atoms with Crippen molar-refractivity contribution in [1.82, 2.24) is 19.7 Å². The molecule has 0 saturated heterocycles. The zero-order valence-corrected chi connectivity index (χ0v) is 17.7. The number of pyridine rings is 1. The van der Waals surface area contributed by atoms with Crippen LogP contribution >= 0.6 is 11.8 Å². The van der Waals surface area contributed by atoms with E-state index in [1.165, 1.54) is 4.90 Å². The van der Waals surface area contributed by atoms with E-state index in [2.05, 4.69) is 10.4 Å². The number of aryl methyl sites for hydroxylation is 2. The number of nitrogens with zero attached hydrogens (tertiary/aromatic N) is 4. The summed E-state index contributed by atoms with van der Waals surface area (Å²) in [5.74, 6) is 0.231. The number of benzene rings is 1. The van der Waals surface area contributed by atoms with Gasteiger partial charge in [0.05, 0.1) is 16.6 Å². The van der Waals surface area contributed by atoms with Gasteiger partial charge >= 0.3 is 0 Å². The molecule has 3 aromatic rings. The summed E-state index contributed by atoms with van der Waals surface area (Å²) in [6, 6.07) is 9.20. The van der Waals surface area contributed by atoms with Crippen molar-refractivity contribution in [2.24, 2.45) is 7.05 Å². The molecule has 2 heterocycles. The molecule has 1 aromatic carbocycles. The van der Waals surface area contributed by atoms with Crippen LogP contribution in [0.4, 0.5) is 10.5 Å². The SMILES string of the molecule is Cc1nn(C)c2nc(C3CC3)cc(C(=O)Nc3cccc(SC(=O)N(C)C)c3)c12. The average Bonchev–Trinajstić information content (AvgIpc) is 3.48. The van der Waals surface area contributed by atoms with Crippen LogP contribution in [-0.2, 0) is 7.05 Å². The third kappa shape index (κ3) is 3.98. The van der Waals surface area contributed by atoms with E-state index < -0.39 is 0 Å². The number of rotatable bonds is 4. The second-order valence-electron chi connectivity index (χ2n) is 7.52. The molecule has 1 saturated carbocycles. The van der Waals surface area contributed by atoms with Crippen molar-refractivity contribution in [3.05, 3.63) is 47.3 Å². The first-order chi connectivity index (χ1) is 13.8. The Kier molecular flexibility index (Phi) is 5.04. The number of hydrogen-bond donors (Lipinski definition) is 1. The lowest BCUT2D eigenvalue weighted by atomic mass is 10.1. The van der Waals surface area contributed by atoms with E-state index in [0.717, 1.165) is 51.9 Å². The lowest BCUT2D eigenvalue weighted by Gasteiger charge is -2.11. The third-order valence-electron chi connectivity index (χ3n) is 4.89. The Morgan fingerprint density at radius 1 is 1.24 bits per heavy atom. The van der Waals surface area contributed by atoms with Crippen molar-refractivity contribution in [3.8, 4) is 0 Å². The highest BCUT2D eigenvalue weighted by Crippen LogP contribution is 2.40. The normalized spacial score (nSPS) is 13.5. The van der Waals surface area contributed by atoms with Gasteiger partial charge in [-0.15, -0.1) is 0 Å². The first-order valence-corrected chi connectivity index (χ1v) is 10.3. The van der Waals surface area contributed by atoms with Crippen molar-refractivity contribution in [2.45, 2.75) is 30.6 Å². The lowest BCUT2D eigenvalue weighted by Crippen LogP contribution is -2.16. The molecule has 0 radical (unpaired) electrons. The molecular formula is C21H23N5O2S. The largest absolute Gasteiger partial charge is 0.339 e. The molecule has 0 spiro atoms. The second kappa shape index (κ2) is 7.51. The number of amides is 2. The van der Waals surface area contributed by atoms with Crippen molar-refractivity contribution < 1.29 is 9.59 Å². The number of hydrogen-bond acceptors (Lipinski definition) is 5. The number of fused-ring (bicyclic) bond motifs is 1. The molecular weight excluding hydrogens is 386 g/mol. The summed E-state index contributed by atoms with van der Waals surface area (Å²) >= 11 is 1.12. The van der Waals surface area contributed by atoms with Gasteiger partial charge in [0.15, 0.2) is 5.65 Å². The van der Waals surface area contributed by atoms with E-state index in [1.54, 1.807) is 24.8 Å². The highest BCUT2D eigenvalue weighted by atomic mass is 32.2. The van der Waals surface area contributed by atoms with Crippen LogP contribution in [0.2, 0.25) is 0 Å². The van der Waals surface area contributed by atoms with Gasteiger partial charge in [-0.2, -0.15) is 5.10 Å². The topological polar surface area (TPSA) is 80.1 Å². The minimum absolute atomic E-state index is 0.0654. The summed E-state index contributed by atoms with van der Waals surface area (Å²) in [7, 11) is 5.27. The summed E-state index contributed by atoms with van der Waals surface area (Å²) in [6.07, 6.45) is 2.21. The zero-order chi connectivity index (χ0) is 20.7. The van der Waals surface area contributed by atoms with Gasteiger partial charge in [-0.3, -0.25) is 14.3 Å². The third-order valence-corrected chi connectivity index (χ3v) is 5.92. The lowest BCUT2D eigenvalue weighted by molar-refractivity contribution is 0.102. The van der Waals surface area contributed by atoms with Crippen LogP contribution in [0.1, 0.15) is 40.5 Å². The Bertz CT molecular complexity index is 1120. The van der Waals surface area contributed by atoms with Crippen LogP contribution < -0.4 is 5.32 Å². The van der Waals surface area contributed by atoms with Gasteiger partial charge in [0.25, 0.3) is 11.1 Å². The molecule has 2 aromatic heterocycles. The van der Waals surface area contributed by atoms with E-state index in [0.29, 0.717) is 17.2 Å². The van der Waals surface area contributed by atoms with Gasteiger partial charge < -0.3 is 10.2 Å². The number of thioether (sulfide) groups is 1. The first-order valence-electron chi connectivity index (χ1n) is 9.48. The maximum atomic E-state index is 13.2. The molecule has 8 heteroatoms. The van der Waals surface area contributed by atoms with E-state index in [4.69, 9.17) is 4.98 Å². The molecule has 0 atom stereocenters. The van der Waals surface area contributed by atoms with Crippen LogP contribution in [0.3, 0.4) is 0 Å². The van der Waals surface area contributed by atoms with Crippen molar-refractivity contribution >= 4 is 39.6 Å². The molecule has 7 nitrogen and oxygen atoms in total. The summed E-state index contributed by atoms with van der Waals surface area (Å²) in [5, 5.41) is 8.14. The monoisotopic (exact) mass is 409 g/mol. The molecule has 0 unspecified atom stereocenters. The highest BCUT2D eigenvalue weighted by Gasteiger charge is 2.28. The molecule has 1 N–H and O–H groups in total. The Morgan fingerprint density at radius 3 is 2.69 bits per heavy atom. The number of carbonyl (C=O) groups is 2. The smallest absolute Gasteiger partial charge is 0.285 e. The number of carbonyl (C=O) groups excluding carboxylic acids is 2. The first kappa shape index (κ1) is 19.4.